The molecule has 1 rings (SSSR count). The smallest absolute Gasteiger partial charge is 0.237 e. The summed E-state index contributed by atoms with van der Waals surface area (Å²) in [5, 5.41) is 0.817. The summed E-state index contributed by atoms with van der Waals surface area (Å²) >= 11 is 1.50. The number of carbonyl (C=O) groups is 1. The Labute approximate surface area is 92.7 Å². The van der Waals surface area contributed by atoms with Gasteiger partial charge in [0, 0.05) is 18.1 Å². The molecule has 0 saturated carbocycles. The highest BCUT2D eigenvalue weighted by Crippen LogP contribution is 2.17. The van der Waals surface area contributed by atoms with Crippen molar-refractivity contribution in [3.8, 4) is 0 Å². The standard InChI is InChI=1S/C9H14N4OS/c1-9(11,8(10)14)2-5-15-7-6-12-3-4-13-7/h3-4,6H,2,5,11H2,1H3,(H2,10,14). The number of nitrogens with zero attached hydrogens (tertiary/aromatic N) is 2. The van der Waals surface area contributed by atoms with Gasteiger partial charge in [0.1, 0.15) is 5.03 Å². The van der Waals surface area contributed by atoms with Crippen molar-refractivity contribution in [1.82, 2.24) is 9.97 Å². The molecule has 6 heteroatoms. The van der Waals surface area contributed by atoms with Crippen LogP contribution in [0.3, 0.4) is 0 Å². The van der Waals surface area contributed by atoms with Crippen LogP contribution in [0.25, 0.3) is 0 Å². The number of aromatic nitrogens is 2. The zero-order chi connectivity index (χ0) is 11.3. The number of hydrogen-bond donors (Lipinski definition) is 2. The lowest BCUT2D eigenvalue weighted by Crippen LogP contribution is -2.49. The number of thioether (sulfide) groups is 1. The van der Waals surface area contributed by atoms with Crippen molar-refractivity contribution in [2.24, 2.45) is 11.5 Å². The molecule has 1 aromatic rings. The van der Waals surface area contributed by atoms with Crippen LogP contribution in [0, 0.1) is 0 Å². The third kappa shape index (κ3) is 3.85. The zero-order valence-corrected chi connectivity index (χ0v) is 9.33. The summed E-state index contributed by atoms with van der Waals surface area (Å²) in [6.07, 6.45) is 5.42. The molecule has 1 unspecified atom stereocenters. The third-order valence-electron chi connectivity index (χ3n) is 1.97. The summed E-state index contributed by atoms with van der Waals surface area (Å²) < 4.78 is 0. The molecule has 0 aliphatic rings. The summed E-state index contributed by atoms with van der Waals surface area (Å²) in [4.78, 5) is 18.9. The van der Waals surface area contributed by atoms with Gasteiger partial charge in [0.25, 0.3) is 0 Å². The van der Waals surface area contributed by atoms with E-state index in [9.17, 15) is 4.79 Å². The molecule has 0 spiro atoms. The lowest BCUT2D eigenvalue weighted by atomic mass is 10.0. The Morgan fingerprint density at radius 2 is 2.33 bits per heavy atom. The first-order chi connectivity index (χ1) is 7.02. The molecule has 1 amide bonds. The molecule has 4 N–H and O–H groups in total. The maximum atomic E-state index is 10.9. The second-order valence-electron chi connectivity index (χ2n) is 3.42. The number of rotatable bonds is 5. The minimum Gasteiger partial charge on any atom is -0.368 e. The van der Waals surface area contributed by atoms with Crippen molar-refractivity contribution in [3.63, 3.8) is 0 Å². The van der Waals surface area contributed by atoms with Crippen LogP contribution < -0.4 is 11.5 Å². The molecule has 1 heterocycles. The number of hydrogen-bond acceptors (Lipinski definition) is 5. The molecule has 0 aliphatic heterocycles. The van der Waals surface area contributed by atoms with E-state index in [4.69, 9.17) is 11.5 Å². The van der Waals surface area contributed by atoms with Gasteiger partial charge in [-0.2, -0.15) is 0 Å². The van der Waals surface area contributed by atoms with Crippen molar-refractivity contribution in [3.05, 3.63) is 18.6 Å². The monoisotopic (exact) mass is 226 g/mol. The zero-order valence-electron chi connectivity index (χ0n) is 8.51. The molecular weight excluding hydrogens is 212 g/mol. The Morgan fingerprint density at radius 1 is 1.60 bits per heavy atom. The SMILES string of the molecule is CC(N)(CCSc1cnccn1)C(N)=O. The first kappa shape index (κ1) is 11.9. The molecule has 82 valence electrons. The van der Waals surface area contributed by atoms with Gasteiger partial charge in [-0.3, -0.25) is 9.78 Å². The Bertz CT molecular complexity index is 328. The van der Waals surface area contributed by atoms with Gasteiger partial charge in [-0.05, 0) is 13.3 Å². The summed E-state index contributed by atoms with van der Waals surface area (Å²) in [6.45, 7) is 1.63. The van der Waals surface area contributed by atoms with E-state index in [1.165, 1.54) is 11.8 Å². The quantitative estimate of drug-likeness (QED) is 0.697. The van der Waals surface area contributed by atoms with Gasteiger partial charge in [-0.25, -0.2) is 4.98 Å². The predicted octanol–water partition coefficient (Wildman–Crippen LogP) is 0.162. The van der Waals surface area contributed by atoms with Gasteiger partial charge >= 0.3 is 0 Å². The van der Waals surface area contributed by atoms with Crippen LogP contribution >= 0.6 is 11.8 Å². The molecule has 5 nitrogen and oxygen atoms in total. The second kappa shape index (κ2) is 5.09. The summed E-state index contributed by atoms with van der Waals surface area (Å²) in [6, 6.07) is 0. The molecular formula is C9H14N4OS. The first-order valence-electron chi connectivity index (χ1n) is 4.50. The number of carbonyl (C=O) groups excluding carboxylic acids is 1. The van der Waals surface area contributed by atoms with E-state index in [1.807, 2.05) is 0 Å². The Morgan fingerprint density at radius 3 is 2.87 bits per heavy atom. The summed E-state index contributed by atoms with van der Waals surface area (Å²) in [5.41, 5.74) is 9.90. The van der Waals surface area contributed by atoms with Crippen LogP contribution in [0.4, 0.5) is 0 Å². The molecule has 1 atom stereocenters. The highest BCUT2D eigenvalue weighted by atomic mass is 32.2. The Hall–Kier alpha value is -1.14. The van der Waals surface area contributed by atoms with E-state index in [1.54, 1.807) is 25.5 Å². The van der Waals surface area contributed by atoms with Crippen molar-refractivity contribution in [2.45, 2.75) is 23.9 Å². The minimum atomic E-state index is -0.949. The van der Waals surface area contributed by atoms with E-state index in [2.05, 4.69) is 9.97 Å². The predicted molar refractivity (Wildman–Crippen MR) is 59.2 cm³/mol. The topological polar surface area (TPSA) is 94.9 Å². The van der Waals surface area contributed by atoms with E-state index in [0.29, 0.717) is 12.2 Å². The van der Waals surface area contributed by atoms with Crippen molar-refractivity contribution >= 4 is 17.7 Å². The fourth-order valence-electron chi connectivity index (χ4n) is 0.851. The van der Waals surface area contributed by atoms with Gasteiger partial charge in [0.2, 0.25) is 5.91 Å². The van der Waals surface area contributed by atoms with Gasteiger partial charge in [-0.1, -0.05) is 0 Å². The fourth-order valence-corrected chi connectivity index (χ4v) is 1.86. The molecule has 1 aromatic heterocycles. The third-order valence-corrected chi connectivity index (χ3v) is 2.89. The Balaban J connectivity index is 2.37. The van der Waals surface area contributed by atoms with Crippen molar-refractivity contribution in [1.29, 1.82) is 0 Å². The highest BCUT2D eigenvalue weighted by Gasteiger charge is 2.24. The van der Waals surface area contributed by atoms with Crippen LogP contribution in [-0.2, 0) is 4.79 Å². The normalized spacial score (nSPS) is 14.5. The average Bonchev–Trinajstić information content (AvgIpc) is 2.19. The summed E-state index contributed by atoms with van der Waals surface area (Å²) in [7, 11) is 0. The number of nitrogens with two attached hydrogens (primary N) is 2. The largest absolute Gasteiger partial charge is 0.368 e. The van der Waals surface area contributed by atoms with Gasteiger partial charge in [0.15, 0.2) is 0 Å². The molecule has 15 heavy (non-hydrogen) atoms. The fraction of sp³-hybridized carbons (Fsp3) is 0.444. The molecule has 0 fully saturated rings. The molecule has 0 bridgehead atoms. The molecule has 0 aliphatic carbocycles. The minimum absolute atomic E-state index is 0.484. The lowest BCUT2D eigenvalue weighted by molar-refractivity contribution is -0.122. The van der Waals surface area contributed by atoms with Crippen LogP contribution in [0.15, 0.2) is 23.6 Å². The van der Waals surface area contributed by atoms with Crippen LogP contribution in [0.5, 0.6) is 0 Å². The van der Waals surface area contributed by atoms with Gasteiger partial charge in [-0.15, -0.1) is 11.8 Å². The van der Waals surface area contributed by atoms with Crippen LogP contribution in [-0.4, -0.2) is 27.2 Å². The second-order valence-corrected chi connectivity index (χ2v) is 4.54. The van der Waals surface area contributed by atoms with Crippen molar-refractivity contribution in [2.75, 3.05) is 5.75 Å². The van der Waals surface area contributed by atoms with Gasteiger partial charge < -0.3 is 11.5 Å². The maximum Gasteiger partial charge on any atom is 0.237 e. The molecule has 0 saturated heterocycles. The highest BCUT2D eigenvalue weighted by molar-refractivity contribution is 7.99. The maximum absolute atomic E-state index is 10.9. The summed E-state index contributed by atoms with van der Waals surface area (Å²) in [5.74, 6) is 0.205. The van der Waals surface area contributed by atoms with E-state index in [-0.39, 0.29) is 0 Å². The molecule has 0 radical (unpaired) electrons. The van der Waals surface area contributed by atoms with E-state index >= 15 is 0 Å². The van der Waals surface area contributed by atoms with Crippen LogP contribution in [0.2, 0.25) is 0 Å². The first-order valence-corrected chi connectivity index (χ1v) is 5.48. The average molecular weight is 226 g/mol. The molecule has 0 aromatic carbocycles. The van der Waals surface area contributed by atoms with Crippen molar-refractivity contribution < 1.29 is 4.79 Å². The van der Waals surface area contributed by atoms with E-state index < -0.39 is 11.4 Å². The number of primary amides is 1. The van der Waals surface area contributed by atoms with E-state index in [0.717, 1.165) is 5.03 Å². The number of amides is 1. The van der Waals surface area contributed by atoms with Gasteiger partial charge in [0.05, 0.1) is 11.7 Å². The lowest BCUT2D eigenvalue weighted by Gasteiger charge is -2.19. The van der Waals surface area contributed by atoms with Crippen LogP contribution in [0.1, 0.15) is 13.3 Å². The Kier molecular flexibility index (Phi) is 4.05.